The Labute approximate surface area is 182 Å². The first kappa shape index (κ1) is 19.8. The Morgan fingerprint density at radius 1 is 1.29 bits per heavy atom. The Morgan fingerprint density at radius 2 is 2.13 bits per heavy atom. The zero-order valence-electron chi connectivity index (χ0n) is 18.1. The molecule has 0 spiro atoms. The Kier molecular flexibility index (Phi) is 5.24. The number of fused-ring (bicyclic) bond motifs is 3. The first-order valence-electron chi connectivity index (χ1n) is 11.1. The van der Waals surface area contributed by atoms with Gasteiger partial charge in [0.15, 0.2) is 6.54 Å². The summed E-state index contributed by atoms with van der Waals surface area (Å²) in [6.45, 7) is 4.54. The van der Waals surface area contributed by atoms with E-state index in [2.05, 4.69) is 40.2 Å². The summed E-state index contributed by atoms with van der Waals surface area (Å²) in [5, 5.41) is 5.56. The highest BCUT2D eigenvalue weighted by Gasteiger charge is 2.38. The van der Waals surface area contributed by atoms with Gasteiger partial charge in [0.1, 0.15) is 11.8 Å². The lowest BCUT2D eigenvalue weighted by atomic mass is 9.89. The lowest BCUT2D eigenvalue weighted by molar-refractivity contribution is -0.929. The number of hydrazone groups is 1. The summed E-state index contributed by atoms with van der Waals surface area (Å²) >= 11 is 0. The summed E-state index contributed by atoms with van der Waals surface area (Å²) in [7, 11) is 1.64. The molecule has 1 aliphatic heterocycles. The van der Waals surface area contributed by atoms with Gasteiger partial charge in [-0.2, -0.15) is 5.10 Å². The average molecular weight is 418 g/mol. The van der Waals surface area contributed by atoms with E-state index in [0.717, 1.165) is 37.2 Å². The summed E-state index contributed by atoms with van der Waals surface area (Å²) < 4.78 is 7.67. The SMILES string of the molecule is COc1ccc(/C=N\NC(=O)C[NH+]2CCn3c4c(c5cc(C)ccc53)CCC[C@H]42)cc1. The molecule has 2 atom stereocenters. The molecule has 2 N–H and O–H groups in total. The Balaban J connectivity index is 1.29. The van der Waals surface area contributed by atoms with E-state index in [1.165, 1.54) is 39.0 Å². The Hall–Kier alpha value is -3.12. The summed E-state index contributed by atoms with van der Waals surface area (Å²) in [5.74, 6) is 0.765. The number of aromatic nitrogens is 1. The molecule has 1 unspecified atom stereocenters. The molecule has 0 saturated heterocycles. The van der Waals surface area contributed by atoms with Crippen molar-refractivity contribution in [3.05, 3.63) is 64.8 Å². The fraction of sp³-hybridized carbons (Fsp3) is 0.360. The lowest BCUT2D eigenvalue weighted by Gasteiger charge is -2.36. The van der Waals surface area contributed by atoms with E-state index >= 15 is 0 Å². The molecule has 1 amide bonds. The highest BCUT2D eigenvalue weighted by Crippen LogP contribution is 2.37. The number of ether oxygens (including phenoxy) is 1. The smallest absolute Gasteiger partial charge is 0.295 e. The minimum Gasteiger partial charge on any atom is -0.497 e. The number of quaternary nitrogens is 1. The first-order valence-corrected chi connectivity index (χ1v) is 11.1. The molecule has 0 radical (unpaired) electrons. The lowest BCUT2D eigenvalue weighted by Crippen LogP contribution is -3.14. The maximum absolute atomic E-state index is 12.6. The third-order valence-corrected chi connectivity index (χ3v) is 6.67. The standard InChI is InChI=1S/C25H28N4O2/c1-17-6-11-22-21(14-17)20-4-3-5-23-25(20)29(22)13-12-28(23)16-24(30)27-26-15-18-7-9-19(31-2)10-8-18/h6-11,14-15,23H,3-5,12-13,16H2,1-2H3,(H,27,30)/p+1/b26-15-/t23-/m1/s1. The van der Waals surface area contributed by atoms with E-state index in [4.69, 9.17) is 4.74 Å². The van der Waals surface area contributed by atoms with Crippen LogP contribution >= 0.6 is 0 Å². The van der Waals surface area contributed by atoms with Crippen LogP contribution in [0.1, 0.15) is 41.3 Å². The second-order valence-electron chi connectivity index (χ2n) is 8.63. The number of amides is 1. The molecule has 6 heteroatoms. The van der Waals surface area contributed by atoms with E-state index in [1.807, 2.05) is 24.3 Å². The number of carbonyl (C=O) groups excluding carboxylic acids is 1. The van der Waals surface area contributed by atoms with E-state index in [1.54, 1.807) is 13.3 Å². The van der Waals surface area contributed by atoms with Gasteiger partial charge in [-0.1, -0.05) is 11.6 Å². The van der Waals surface area contributed by atoms with Crippen LogP contribution in [0.4, 0.5) is 0 Å². The van der Waals surface area contributed by atoms with Crippen molar-refractivity contribution >= 4 is 23.0 Å². The van der Waals surface area contributed by atoms with Crippen LogP contribution < -0.4 is 15.1 Å². The van der Waals surface area contributed by atoms with Crippen molar-refractivity contribution in [2.75, 3.05) is 20.2 Å². The summed E-state index contributed by atoms with van der Waals surface area (Å²) in [6.07, 6.45) is 5.14. The number of methoxy groups -OCH3 is 1. The minimum atomic E-state index is -0.0349. The van der Waals surface area contributed by atoms with Gasteiger partial charge in [-0.05, 0) is 67.3 Å². The van der Waals surface area contributed by atoms with Gasteiger partial charge >= 0.3 is 0 Å². The number of rotatable bonds is 5. The van der Waals surface area contributed by atoms with Crippen molar-refractivity contribution in [2.45, 2.75) is 38.8 Å². The summed E-state index contributed by atoms with van der Waals surface area (Å²) in [6, 6.07) is 14.8. The highest BCUT2D eigenvalue weighted by molar-refractivity contribution is 5.87. The molecule has 2 aliphatic rings. The maximum Gasteiger partial charge on any atom is 0.295 e. The van der Waals surface area contributed by atoms with Crippen molar-refractivity contribution in [1.82, 2.24) is 9.99 Å². The summed E-state index contributed by atoms with van der Waals surface area (Å²) in [4.78, 5) is 14.0. The van der Waals surface area contributed by atoms with Crippen LogP contribution in [0.25, 0.3) is 10.9 Å². The molecule has 160 valence electrons. The monoisotopic (exact) mass is 417 g/mol. The van der Waals surface area contributed by atoms with Crippen LogP contribution in [0, 0.1) is 6.92 Å². The molecular formula is C25H29N4O2+. The molecule has 31 heavy (non-hydrogen) atoms. The zero-order chi connectivity index (χ0) is 21.4. The topological polar surface area (TPSA) is 60.1 Å². The largest absolute Gasteiger partial charge is 0.497 e. The third kappa shape index (κ3) is 3.72. The van der Waals surface area contributed by atoms with Crippen molar-refractivity contribution in [1.29, 1.82) is 0 Å². The van der Waals surface area contributed by atoms with Crippen molar-refractivity contribution in [3.63, 3.8) is 0 Å². The molecular weight excluding hydrogens is 388 g/mol. The van der Waals surface area contributed by atoms with E-state index in [0.29, 0.717) is 12.6 Å². The molecule has 3 aromatic rings. The molecule has 0 saturated carbocycles. The molecule has 5 rings (SSSR count). The number of benzene rings is 2. The number of aryl methyl sites for hydroxylation is 2. The number of nitrogens with zero attached hydrogens (tertiary/aromatic N) is 2. The van der Waals surface area contributed by atoms with Crippen LogP contribution in [0.2, 0.25) is 0 Å². The third-order valence-electron chi connectivity index (χ3n) is 6.67. The van der Waals surface area contributed by atoms with Crippen LogP contribution in [-0.4, -0.2) is 36.9 Å². The molecule has 0 fully saturated rings. The van der Waals surface area contributed by atoms with Gasteiger partial charge in [0.25, 0.3) is 5.91 Å². The van der Waals surface area contributed by atoms with Crippen LogP contribution in [0.5, 0.6) is 5.75 Å². The van der Waals surface area contributed by atoms with Gasteiger partial charge < -0.3 is 14.2 Å². The average Bonchev–Trinajstić information content (AvgIpc) is 3.10. The molecule has 0 bridgehead atoms. The highest BCUT2D eigenvalue weighted by atomic mass is 16.5. The number of hydrogen-bond acceptors (Lipinski definition) is 3. The molecule has 1 aliphatic carbocycles. The van der Waals surface area contributed by atoms with Crippen molar-refractivity contribution < 1.29 is 14.4 Å². The second kappa shape index (κ2) is 8.19. The quantitative estimate of drug-likeness (QED) is 0.495. The molecule has 1 aromatic heterocycles. The van der Waals surface area contributed by atoms with Gasteiger partial charge in [-0.15, -0.1) is 0 Å². The second-order valence-corrected chi connectivity index (χ2v) is 8.63. The minimum absolute atomic E-state index is 0.0349. The Morgan fingerprint density at radius 3 is 2.94 bits per heavy atom. The summed E-state index contributed by atoms with van der Waals surface area (Å²) in [5.41, 5.74) is 9.27. The number of nitrogens with one attached hydrogen (secondary N) is 2. The van der Waals surface area contributed by atoms with Crippen LogP contribution in [-0.2, 0) is 17.8 Å². The van der Waals surface area contributed by atoms with Crippen molar-refractivity contribution in [2.24, 2.45) is 5.10 Å². The number of carbonyl (C=O) groups is 1. The van der Waals surface area contributed by atoms with Crippen molar-refractivity contribution in [3.8, 4) is 5.75 Å². The fourth-order valence-electron chi connectivity index (χ4n) is 5.23. The van der Waals surface area contributed by atoms with Crippen LogP contribution in [0.15, 0.2) is 47.6 Å². The van der Waals surface area contributed by atoms with Gasteiger partial charge in [-0.3, -0.25) is 4.79 Å². The van der Waals surface area contributed by atoms with Crippen LogP contribution in [0.3, 0.4) is 0 Å². The predicted molar refractivity (Wildman–Crippen MR) is 122 cm³/mol. The van der Waals surface area contributed by atoms with E-state index in [-0.39, 0.29) is 5.91 Å². The van der Waals surface area contributed by atoms with Gasteiger partial charge in [0.05, 0.1) is 32.1 Å². The van der Waals surface area contributed by atoms with Gasteiger partial charge in [0, 0.05) is 17.3 Å². The Bertz CT molecular complexity index is 1150. The maximum atomic E-state index is 12.6. The molecule has 2 heterocycles. The van der Waals surface area contributed by atoms with E-state index in [9.17, 15) is 4.79 Å². The fourth-order valence-corrected chi connectivity index (χ4v) is 5.23. The number of hydrogen-bond donors (Lipinski definition) is 2. The van der Waals surface area contributed by atoms with E-state index < -0.39 is 0 Å². The molecule has 2 aromatic carbocycles. The normalized spacial score (nSPS) is 20.1. The molecule has 6 nitrogen and oxygen atoms in total. The predicted octanol–water partition coefficient (Wildman–Crippen LogP) is 2.38. The van der Waals surface area contributed by atoms with Gasteiger partial charge in [-0.25, -0.2) is 5.43 Å². The zero-order valence-corrected chi connectivity index (χ0v) is 18.1. The van der Waals surface area contributed by atoms with Gasteiger partial charge in [0.2, 0.25) is 0 Å². The first-order chi connectivity index (χ1) is 15.1.